The van der Waals surface area contributed by atoms with Gasteiger partial charge in [-0.05, 0) is 18.4 Å². The molecule has 0 saturated heterocycles. The maximum absolute atomic E-state index is 12.8. The summed E-state index contributed by atoms with van der Waals surface area (Å²) in [6.45, 7) is 0.866. The lowest BCUT2D eigenvalue weighted by molar-refractivity contribution is -0.484. The number of hydrogen-bond acceptors (Lipinski definition) is 3. The molecule has 0 fully saturated rings. The summed E-state index contributed by atoms with van der Waals surface area (Å²) < 4.78 is 7.60. The number of rotatable bonds is 4. The molecular formula is C18H22NO3+. The van der Waals surface area contributed by atoms with Crippen LogP contribution in [-0.2, 0) is 15.1 Å². The Balaban J connectivity index is 1.88. The average Bonchev–Trinajstić information content (AvgIpc) is 3.19. The Morgan fingerprint density at radius 2 is 2.09 bits per heavy atom. The van der Waals surface area contributed by atoms with Crippen molar-refractivity contribution in [3.63, 3.8) is 0 Å². The van der Waals surface area contributed by atoms with Gasteiger partial charge in [0.15, 0.2) is 17.9 Å². The van der Waals surface area contributed by atoms with Crippen molar-refractivity contribution in [2.45, 2.75) is 31.0 Å². The number of ether oxygens (including phenoxy) is 1. The molecule has 0 saturated carbocycles. The van der Waals surface area contributed by atoms with Crippen LogP contribution in [0.1, 0.15) is 24.8 Å². The normalized spacial score (nSPS) is 26.5. The molecule has 22 heavy (non-hydrogen) atoms. The molecule has 0 radical (unpaired) electrons. The van der Waals surface area contributed by atoms with E-state index >= 15 is 0 Å². The Morgan fingerprint density at radius 1 is 1.32 bits per heavy atom. The summed E-state index contributed by atoms with van der Waals surface area (Å²) in [4.78, 5) is 12.8. The van der Waals surface area contributed by atoms with Gasteiger partial charge >= 0.3 is 5.97 Å². The van der Waals surface area contributed by atoms with Gasteiger partial charge in [0.1, 0.15) is 13.6 Å². The summed E-state index contributed by atoms with van der Waals surface area (Å²) in [5, 5.41) is 11.2. The van der Waals surface area contributed by atoms with E-state index in [1.165, 1.54) is 0 Å². The molecule has 0 bridgehead atoms. The molecule has 1 aliphatic heterocycles. The maximum atomic E-state index is 12.8. The van der Waals surface area contributed by atoms with Gasteiger partial charge in [-0.25, -0.2) is 9.37 Å². The highest BCUT2D eigenvalue weighted by Crippen LogP contribution is 2.38. The third kappa shape index (κ3) is 2.71. The highest BCUT2D eigenvalue weighted by atomic mass is 16.6. The summed E-state index contributed by atoms with van der Waals surface area (Å²) in [5.41, 5.74) is -1.01. The second kappa shape index (κ2) is 6.05. The molecule has 1 N–H and O–H groups in total. The summed E-state index contributed by atoms with van der Waals surface area (Å²) in [7, 11) is 1.96. The number of carbonyl (C=O) groups is 1. The number of benzene rings is 1. The standard InChI is InChI=1S/C18H22NO3/c1-19-12-11-16(13-19)22-17(20)18(21,15-9-5-6-10-15)14-7-3-2-4-8-14/h2-5,7-9,13,15-16,21H,6,10-12H2,1H3/q+1/t15?,16-,18-/m0/s1. The van der Waals surface area contributed by atoms with E-state index in [0.29, 0.717) is 5.56 Å². The highest BCUT2D eigenvalue weighted by Gasteiger charge is 2.47. The average molecular weight is 300 g/mol. The lowest BCUT2D eigenvalue weighted by Gasteiger charge is -2.31. The lowest BCUT2D eigenvalue weighted by atomic mass is 9.81. The van der Waals surface area contributed by atoms with Crippen LogP contribution < -0.4 is 0 Å². The fourth-order valence-corrected chi connectivity index (χ4v) is 3.24. The van der Waals surface area contributed by atoms with Gasteiger partial charge in [-0.1, -0.05) is 42.5 Å². The molecule has 1 aromatic carbocycles. The Labute approximate surface area is 130 Å². The first-order valence-corrected chi connectivity index (χ1v) is 7.81. The Hall–Kier alpha value is -1.94. The van der Waals surface area contributed by atoms with Crippen molar-refractivity contribution in [2.75, 3.05) is 13.6 Å². The van der Waals surface area contributed by atoms with Gasteiger partial charge < -0.3 is 9.84 Å². The molecular weight excluding hydrogens is 278 g/mol. The minimum Gasteiger partial charge on any atom is -0.449 e. The van der Waals surface area contributed by atoms with Crippen LogP contribution >= 0.6 is 0 Å². The second-order valence-corrected chi connectivity index (χ2v) is 6.11. The minimum atomic E-state index is -1.61. The summed E-state index contributed by atoms with van der Waals surface area (Å²) >= 11 is 0. The Bertz CT molecular complexity index is 608. The summed E-state index contributed by atoms with van der Waals surface area (Å²) in [5.74, 6) is -0.784. The van der Waals surface area contributed by atoms with E-state index in [0.717, 1.165) is 25.8 Å². The second-order valence-electron chi connectivity index (χ2n) is 6.11. The zero-order valence-corrected chi connectivity index (χ0v) is 12.8. The van der Waals surface area contributed by atoms with Crippen LogP contribution in [0.4, 0.5) is 0 Å². The molecule has 0 aromatic heterocycles. The molecule has 1 aliphatic carbocycles. The SMILES string of the molecule is C[N+]1=C[C@@H](OC(=O)[C@](O)(c2ccccc2)C2C=CCC2)CC1. The molecule has 0 amide bonds. The van der Waals surface area contributed by atoms with Crippen LogP contribution in [0.25, 0.3) is 0 Å². The van der Waals surface area contributed by atoms with Crippen molar-refractivity contribution < 1.29 is 19.2 Å². The molecule has 0 spiro atoms. The predicted octanol–water partition coefficient (Wildman–Crippen LogP) is 1.87. The van der Waals surface area contributed by atoms with Crippen LogP contribution in [0.2, 0.25) is 0 Å². The van der Waals surface area contributed by atoms with Crippen LogP contribution in [0.5, 0.6) is 0 Å². The van der Waals surface area contributed by atoms with Gasteiger partial charge in [0.25, 0.3) is 0 Å². The summed E-state index contributed by atoms with van der Waals surface area (Å²) in [6, 6.07) is 9.12. The van der Waals surface area contributed by atoms with Gasteiger partial charge in [0.2, 0.25) is 0 Å². The quantitative estimate of drug-likeness (QED) is 0.525. The lowest BCUT2D eigenvalue weighted by Crippen LogP contribution is -2.44. The van der Waals surface area contributed by atoms with Gasteiger partial charge in [0, 0.05) is 5.92 Å². The molecule has 3 atom stereocenters. The van der Waals surface area contributed by atoms with Crippen LogP contribution in [0.15, 0.2) is 42.5 Å². The molecule has 1 unspecified atom stereocenters. The highest BCUT2D eigenvalue weighted by molar-refractivity contribution is 5.83. The Kier molecular flexibility index (Phi) is 4.12. The van der Waals surface area contributed by atoms with Gasteiger partial charge in [-0.3, -0.25) is 0 Å². The van der Waals surface area contributed by atoms with Crippen molar-refractivity contribution >= 4 is 12.2 Å². The van der Waals surface area contributed by atoms with E-state index in [1.54, 1.807) is 12.1 Å². The maximum Gasteiger partial charge on any atom is 0.344 e. The fraction of sp³-hybridized carbons (Fsp3) is 0.444. The van der Waals surface area contributed by atoms with Crippen LogP contribution in [-0.4, -0.2) is 41.6 Å². The molecule has 116 valence electrons. The van der Waals surface area contributed by atoms with Crippen molar-refractivity contribution in [3.8, 4) is 0 Å². The van der Waals surface area contributed by atoms with E-state index < -0.39 is 11.6 Å². The van der Waals surface area contributed by atoms with Crippen LogP contribution in [0, 0.1) is 5.92 Å². The number of esters is 1. The fourth-order valence-electron chi connectivity index (χ4n) is 3.24. The van der Waals surface area contributed by atoms with E-state index in [9.17, 15) is 9.90 Å². The minimum absolute atomic E-state index is 0.235. The molecule has 3 rings (SSSR count). The van der Waals surface area contributed by atoms with Gasteiger partial charge in [0.05, 0.1) is 6.42 Å². The Morgan fingerprint density at radius 3 is 2.68 bits per heavy atom. The topological polar surface area (TPSA) is 49.5 Å². The molecule has 4 heteroatoms. The third-order valence-corrected chi connectivity index (χ3v) is 4.52. The smallest absolute Gasteiger partial charge is 0.344 e. The van der Waals surface area contributed by atoms with Gasteiger partial charge in [-0.15, -0.1) is 0 Å². The molecule has 2 aliphatic rings. The van der Waals surface area contributed by atoms with Crippen molar-refractivity contribution in [1.29, 1.82) is 0 Å². The number of nitrogens with zero attached hydrogens (tertiary/aromatic N) is 1. The first kappa shape index (κ1) is 15.0. The zero-order chi connectivity index (χ0) is 15.6. The zero-order valence-electron chi connectivity index (χ0n) is 12.8. The van der Waals surface area contributed by atoms with Crippen molar-refractivity contribution in [3.05, 3.63) is 48.0 Å². The molecule has 1 aromatic rings. The van der Waals surface area contributed by atoms with Crippen molar-refractivity contribution in [1.82, 2.24) is 0 Å². The van der Waals surface area contributed by atoms with E-state index in [2.05, 4.69) is 0 Å². The first-order chi connectivity index (χ1) is 10.6. The summed E-state index contributed by atoms with van der Waals surface area (Å²) in [6.07, 6.45) is 8.00. The molecule has 1 heterocycles. The van der Waals surface area contributed by atoms with Crippen LogP contribution in [0.3, 0.4) is 0 Å². The third-order valence-electron chi connectivity index (χ3n) is 4.52. The van der Waals surface area contributed by atoms with Gasteiger partial charge in [-0.2, -0.15) is 0 Å². The number of carbonyl (C=O) groups excluding carboxylic acids is 1. The van der Waals surface area contributed by atoms with E-state index in [4.69, 9.17) is 4.74 Å². The number of hydrogen-bond donors (Lipinski definition) is 1. The first-order valence-electron chi connectivity index (χ1n) is 7.81. The van der Waals surface area contributed by atoms with Crippen molar-refractivity contribution in [2.24, 2.45) is 5.92 Å². The van der Waals surface area contributed by atoms with E-state index in [-0.39, 0.29) is 12.0 Å². The monoisotopic (exact) mass is 300 g/mol. The van der Waals surface area contributed by atoms with E-state index in [1.807, 2.05) is 48.2 Å². The number of aliphatic hydroxyl groups is 1. The predicted molar refractivity (Wildman–Crippen MR) is 83.8 cm³/mol. The largest absolute Gasteiger partial charge is 0.449 e. The number of allylic oxidation sites excluding steroid dienone is 1. The molecule has 4 nitrogen and oxygen atoms in total.